The summed E-state index contributed by atoms with van der Waals surface area (Å²) >= 11 is 6.01. The first-order chi connectivity index (χ1) is 15.3. The average molecular weight is 461 g/mol. The van der Waals surface area contributed by atoms with Gasteiger partial charge in [-0.2, -0.15) is 0 Å². The normalized spacial score (nSPS) is 16.4. The van der Waals surface area contributed by atoms with E-state index in [9.17, 15) is 9.59 Å². The van der Waals surface area contributed by atoms with Gasteiger partial charge in [0, 0.05) is 24.8 Å². The molecule has 2 aromatic carbocycles. The van der Waals surface area contributed by atoms with E-state index in [-0.39, 0.29) is 17.5 Å². The first-order valence-electron chi connectivity index (χ1n) is 10.6. The van der Waals surface area contributed by atoms with Gasteiger partial charge in [0.25, 0.3) is 0 Å². The molecule has 2 aromatic rings. The van der Waals surface area contributed by atoms with Crippen molar-refractivity contribution in [2.45, 2.75) is 31.3 Å². The van der Waals surface area contributed by atoms with Gasteiger partial charge in [-0.25, -0.2) is 4.79 Å². The second-order valence-corrected chi connectivity index (χ2v) is 8.43. The van der Waals surface area contributed by atoms with E-state index in [1.165, 1.54) is 0 Å². The molecule has 172 valence electrons. The summed E-state index contributed by atoms with van der Waals surface area (Å²) in [6.45, 7) is 3.88. The average Bonchev–Trinajstić information content (AvgIpc) is 2.79. The minimum Gasteiger partial charge on any atom is -0.492 e. The number of aromatic carboxylic acids is 1. The van der Waals surface area contributed by atoms with Gasteiger partial charge in [0.15, 0.2) is 0 Å². The van der Waals surface area contributed by atoms with E-state index in [4.69, 9.17) is 26.2 Å². The molecule has 1 heterocycles. The van der Waals surface area contributed by atoms with Gasteiger partial charge in [0.2, 0.25) is 5.91 Å². The van der Waals surface area contributed by atoms with Crippen molar-refractivity contribution in [3.63, 3.8) is 0 Å². The smallest absolute Gasteiger partial charge is 0.335 e. The molecular formula is C24H29ClN2O5. The van der Waals surface area contributed by atoms with Crippen LogP contribution in [0.1, 0.15) is 41.7 Å². The number of halogens is 1. The zero-order valence-electron chi connectivity index (χ0n) is 18.3. The van der Waals surface area contributed by atoms with Crippen molar-refractivity contribution in [2.75, 3.05) is 33.4 Å². The van der Waals surface area contributed by atoms with Crippen LogP contribution in [0.2, 0.25) is 5.02 Å². The Labute approximate surface area is 193 Å². The molecule has 1 atom stereocenters. The highest BCUT2D eigenvalue weighted by Gasteiger charge is 2.44. The minimum absolute atomic E-state index is 0.0686. The molecule has 1 saturated heterocycles. The van der Waals surface area contributed by atoms with Gasteiger partial charge >= 0.3 is 5.97 Å². The van der Waals surface area contributed by atoms with Crippen LogP contribution >= 0.6 is 11.6 Å². The fourth-order valence-electron chi connectivity index (χ4n) is 3.89. The molecule has 0 aromatic heterocycles. The first kappa shape index (κ1) is 24.0. The van der Waals surface area contributed by atoms with Crippen molar-refractivity contribution < 1.29 is 24.2 Å². The van der Waals surface area contributed by atoms with Crippen molar-refractivity contribution >= 4 is 23.5 Å². The number of nitrogens with zero attached hydrogens (tertiary/aromatic N) is 1. The summed E-state index contributed by atoms with van der Waals surface area (Å²) in [6.07, 6.45) is 1.16. The van der Waals surface area contributed by atoms with Crippen LogP contribution in [0, 0.1) is 0 Å². The number of carbonyl (C=O) groups is 2. The summed E-state index contributed by atoms with van der Waals surface area (Å²) in [5.41, 5.74) is 0.357. The van der Waals surface area contributed by atoms with E-state index < -0.39 is 11.5 Å². The summed E-state index contributed by atoms with van der Waals surface area (Å²) in [7, 11) is 1.93. The molecule has 1 unspecified atom stereocenters. The molecule has 0 spiro atoms. The number of benzene rings is 2. The van der Waals surface area contributed by atoms with Crippen LogP contribution in [0.4, 0.5) is 0 Å². The molecule has 0 saturated carbocycles. The number of likely N-dealkylation sites (N-methyl/N-ethyl adjacent to an activating group) is 1. The van der Waals surface area contributed by atoms with Crippen LogP contribution in [0.3, 0.4) is 0 Å². The molecular weight excluding hydrogens is 432 g/mol. The minimum atomic E-state index is -0.976. The zero-order valence-corrected chi connectivity index (χ0v) is 19.1. The lowest BCUT2D eigenvalue weighted by Crippen LogP contribution is -2.61. The van der Waals surface area contributed by atoms with Gasteiger partial charge in [-0.1, -0.05) is 29.8 Å². The second-order valence-electron chi connectivity index (χ2n) is 7.99. The monoisotopic (exact) mass is 460 g/mol. The third-order valence-electron chi connectivity index (χ3n) is 5.97. The van der Waals surface area contributed by atoms with Gasteiger partial charge in [-0.15, -0.1) is 0 Å². The van der Waals surface area contributed by atoms with E-state index in [0.29, 0.717) is 50.0 Å². The van der Waals surface area contributed by atoms with Crippen LogP contribution in [-0.4, -0.2) is 60.8 Å². The Balaban J connectivity index is 1.65. The van der Waals surface area contributed by atoms with Crippen molar-refractivity contribution in [1.29, 1.82) is 0 Å². The molecule has 0 aliphatic carbocycles. The Bertz CT molecular complexity index is 928. The summed E-state index contributed by atoms with van der Waals surface area (Å²) in [6, 6.07) is 13.5. The van der Waals surface area contributed by atoms with Crippen molar-refractivity contribution in [2.24, 2.45) is 0 Å². The third-order valence-corrected chi connectivity index (χ3v) is 6.21. The fourth-order valence-corrected chi connectivity index (χ4v) is 4.07. The number of carboxylic acid groups (broad SMARTS) is 1. The number of hydrogen-bond acceptors (Lipinski definition) is 5. The van der Waals surface area contributed by atoms with Gasteiger partial charge in [-0.3, -0.25) is 9.69 Å². The third kappa shape index (κ3) is 5.79. The predicted molar refractivity (Wildman–Crippen MR) is 122 cm³/mol. The molecule has 0 radical (unpaired) electrons. The van der Waals surface area contributed by atoms with Gasteiger partial charge in [0.1, 0.15) is 17.9 Å². The van der Waals surface area contributed by atoms with E-state index in [1.54, 1.807) is 36.4 Å². The Morgan fingerprint density at radius 3 is 2.53 bits per heavy atom. The van der Waals surface area contributed by atoms with Crippen LogP contribution in [-0.2, 0) is 9.53 Å². The second kappa shape index (κ2) is 10.8. The molecule has 1 aliphatic heterocycles. The summed E-state index contributed by atoms with van der Waals surface area (Å²) in [5.74, 6) is -0.355. The van der Waals surface area contributed by atoms with Crippen molar-refractivity contribution in [3.05, 3.63) is 64.7 Å². The highest BCUT2D eigenvalue weighted by Crippen LogP contribution is 2.29. The maximum atomic E-state index is 13.4. The Hall–Kier alpha value is -2.61. The number of rotatable bonds is 9. The van der Waals surface area contributed by atoms with E-state index >= 15 is 0 Å². The number of carboxylic acids is 1. The Kier molecular flexibility index (Phi) is 8.12. The van der Waals surface area contributed by atoms with Crippen LogP contribution in [0.5, 0.6) is 5.75 Å². The largest absolute Gasteiger partial charge is 0.492 e. The lowest BCUT2D eigenvalue weighted by molar-refractivity contribution is -0.140. The lowest BCUT2D eigenvalue weighted by Gasteiger charge is -2.43. The van der Waals surface area contributed by atoms with Crippen molar-refractivity contribution in [3.8, 4) is 5.75 Å². The molecule has 1 amide bonds. The van der Waals surface area contributed by atoms with Crippen LogP contribution < -0.4 is 10.1 Å². The number of hydrogen-bond donors (Lipinski definition) is 2. The highest BCUT2D eigenvalue weighted by atomic mass is 35.5. The predicted octanol–water partition coefficient (Wildman–Crippen LogP) is 3.78. The van der Waals surface area contributed by atoms with Gasteiger partial charge in [-0.05, 0) is 62.7 Å². The van der Waals surface area contributed by atoms with E-state index in [2.05, 4.69) is 5.32 Å². The molecule has 3 rings (SSSR count). The molecule has 1 fully saturated rings. The molecule has 2 N–H and O–H groups in total. The van der Waals surface area contributed by atoms with Gasteiger partial charge in [0.05, 0.1) is 11.6 Å². The number of ether oxygens (including phenoxy) is 2. The van der Waals surface area contributed by atoms with Crippen LogP contribution in [0.15, 0.2) is 48.5 Å². The number of amides is 1. The lowest BCUT2D eigenvalue weighted by atomic mass is 9.86. The Morgan fingerprint density at radius 2 is 1.91 bits per heavy atom. The molecule has 1 aliphatic rings. The quantitative estimate of drug-likeness (QED) is 0.592. The SMILES string of the molecule is CC(NC(=O)C1(N(C)CCOc2cccc(Cl)c2)CCOCC1)c1ccc(C(=O)O)cc1. The van der Waals surface area contributed by atoms with E-state index in [0.717, 1.165) is 5.56 Å². The number of carbonyl (C=O) groups excluding carboxylic acids is 1. The fraction of sp³-hybridized carbons (Fsp3) is 0.417. The molecule has 7 nitrogen and oxygen atoms in total. The van der Waals surface area contributed by atoms with Crippen LogP contribution in [0.25, 0.3) is 0 Å². The first-order valence-corrected chi connectivity index (χ1v) is 11.0. The van der Waals surface area contributed by atoms with Crippen molar-refractivity contribution in [1.82, 2.24) is 10.2 Å². The Morgan fingerprint density at radius 1 is 1.22 bits per heavy atom. The highest BCUT2D eigenvalue weighted by molar-refractivity contribution is 6.30. The standard InChI is InChI=1S/C24H29ClN2O5/c1-17(18-6-8-19(9-7-18)22(28)29)26-23(30)24(10-13-31-14-11-24)27(2)12-15-32-21-5-3-4-20(25)16-21/h3-9,16-17H,10-15H2,1-2H3,(H,26,30)(H,28,29). The molecule has 0 bridgehead atoms. The summed E-state index contributed by atoms with van der Waals surface area (Å²) < 4.78 is 11.3. The number of nitrogens with one attached hydrogen (secondary N) is 1. The molecule has 32 heavy (non-hydrogen) atoms. The summed E-state index contributed by atoms with van der Waals surface area (Å²) in [4.78, 5) is 26.5. The molecule has 8 heteroatoms. The van der Waals surface area contributed by atoms with E-state index in [1.807, 2.05) is 31.0 Å². The topological polar surface area (TPSA) is 88.1 Å². The maximum absolute atomic E-state index is 13.4. The zero-order chi connectivity index (χ0) is 23.1. The maximum Gasteiger partial charge on any atom is 0.335 e. The van der Waals surface area contributed by atoms with Gasteiger partial charge < -0.3 is 19.9 Å². The summed E-state index contributed by atoms with van der Waals surface area (Å²) in [5, 5.41) is 12.8.